The summed E-state index contributed by atoms with van der Waals surface area (Å²) in [5.41, 5.74) is 2.43. The van der Waals surface area contributed by atoms with E-state index in [1.807, 2.05) is 31.2 Å². The van der Waals surface area contributed by atoms with Crippen LogP contribution in [-0.2, 0) is 11.3 Å². The molecule has 0 radical (unpaired) electrons. The van der Waals surface area contributed by atoms with Gasteiger partial charge < -0.3 is 10.6 Å². The Bertz CT molecular complexity index is 744. The van der Waals surface area contributed by atoms with Crippen LogP contribution in [-0.4, -0.2) is 11.8 Å². The van der Waals surface area contributed by atoms with Crippen LogP contribution in [0.5, 0.6) is 0 Å². The third kappa shape index (κ3) is 4.91. The van der Waals surface area contributed by atoms with E-state index < -0.39 is 0 Å². The number of carbonyl (C=O) groups is 2. The van der Waals surface area contributed by atoms with E-state index in [1.54, 1.807) is 6.92 Å². The van der Waals surface area contributed by atoms with E-state index in [0.717, 1.165) is 12.0 Å². The fraction of sp³-hybridized carbons (Fsp3) is 0.263. The van der Waals surface area contributed by atoms with Gasteiger partial charge in [-0.2, -0.15) is 0 Å². The molecule has 4 nitrogen and oxygen atoms in total. The summed E-state index contributed by atoms with van der Waals surface area (Å²) in [6.07, 6.45) is 1.27. The average Bonchev–Trinajstić information content (AvgIpc) is 2.55. The molecular formula is C19H21FN2O2. The first-order valence-corrected chi connectivity index (χ1v) is 7.92. The van der Waals surface area contributed by atoms with Crippen LogP contribution in [0.1, 0.15) is 41.3 Å². The lowest BCUT2D eigenvalue weighted by molar-refractivity contribution is -0.116. The Hall–Kier alpha value is -2.69. The molecule has 0 aliphatic carbocycles. The predicted octanol–water partition coefficient (Wildman–Crippen LogP) is 3.80. The quantitative estimate of drug-likeness (QED) is 0.847. The van der Waals surface area contributed by atoms with Gasteiger partial charge in [0.15, 0.2) is 0 Å². The molecule has 0 fully saturated rings. The van der Waals surface area contributed by atoms with E-state index in [4.69, 9.17) is 0 Å². The van der Waals surface area contributed by atoms with Crippen molar-refractivity contribution in [2.45, 2.75) is 33.2 Å². The van der Waals surface area contributed by atoms with Gasteiger partial charge in [-0.25, -0.2) is 4.39 Å². The van der Waals surface area contributed by atoms with Gasteiger partial charge in [0.1, 0.15) is 5.82 Å². The van der Waals surface area contributed by atoms with E-state index in [1.165, 1.54) is 18.2 Å². The van der Waals surface area contributed by atoms with Gasteiger partial charge in [0, 0.05) is 24.2 Å². The first-order valence-electron chi connectivity index (χ1n) is 7.92. The minimum absolute atomic E-state index is 0.0273. The van der Waals surface area contributed by atoms with E-state index in [2.05, 4.69) is 10.6 Å². The molecule has 126 valence electrons. The molecule has 0 unspecified atom stereocenters. The van der Waals surface area contributed by atoms with Crippen molar-refractivity contribution < 1.29 is 14.0 Å². The molecule has 0 aliphatic heterocycles. The van der Waals surface area contributed by atoms with Gasteiger partial charge in [-0.05, 0) is 54.8 Å². The molecule has 0 heterocycles. The van der Waals surface area contributed by atoms with Crippen molar-refractivity contribution in [2.24, 2.45) is 0 Å². The number of aryl methyl sites for hydroxylation is 1. The summed E-state index contributed by atoms with van der Waals surface area (Å²) >= 11 is 0. The monoisotopic (exact) mass is 328 g/mol. The first-order chi connectivity index (χ1) is 11.5. The van der Waals surface area contributed by atoms with Crippen LogP contribution in [0, 0.1) is 12.7 Å². The number of carbonyl (C=O) groups excluding carboxylic acids is 2. The van der Waals surface area contributed by atoms with Gasteiger partial charge in [0.25, 0.3) is 5.91 Å². The van der Waals surface area contributed by atoms with Crippen LogP contribution in [0.4, 0.5) is 10.1 Å². The van der Waals surface area contributed by atoms with Crippen LogP contribution in [0.15, 0.2) is 42.5 Å². The number of amides is 2. The predicted molar refractivity (Wildman–Crippen MR) is 92.3 cm³/mol. The summed E-state index contributed by atoms with van der Waals surface area (Å²) in [7, 11) is 0. The molecular weight excluding hydrogens is 307 g/mol. The van der Waals surface area contributed by atoms with Gasteiger partial charge in [-0.3, -0.25) is 9.59 Å². The van der Waals surface area contributed by atoms with E-state index in [9.17, 15) is 14.0 Å². The highest BCUT2D eigenvalue weighted by atomic mass is 19.1. The number of benzene rings is 2. The Kier molecular flexibility index (Phi) is 6.07. The average molecular weight is 328 g/mol. The van der Waals surface area contributed by atoms with Crippen LogP contribution < -0.4 is 10.6 Å². The number of halogens is 1. The van der Waals surface area contributed by atoms with E-state index >= 15 is 0 Å². The molecule has 2 aromatic carbocycles. The highest BCUT2D eigenvalue weighted by Crippen LogP contribution is 2.12. The van der Waals surface area contributed by atoms with Gasteiger partial charge >= 0.3 is 0 Å². The molecule has 0 aromatic heterocycles. The summed E-state index contributed by atoms with van der Waals surface area (Å²) in [4.78, 5) is 23.7. The van der Waals surface area contributed by atoms with Crippen LogP contribution in [0.3, 0.4) is 0 Å². The van der Waals surface area contributed by atoms with Crippen molar-refractivity contribution in [1.82, 2.24) is 5.32 Å². The van der Waals surface area contributed by atoms with Crippen molar-refractivity contribution in [3.05, 3.63) is 65.0 Å². The van der Waals surface area contributed by atoms with Crippen molar-refractivity contribution in [1.29, 1.82) is 0 Å². The molecule has 0 spiro atoms. The molecule has 2 aromatic rings. The molecule has 24 heavy (non-hydrogen) atoms. The molecule has 0 saturated heterocycles. The lowest BCUT2D eigenvalue weighted by Gasteiger charge is -2.09. The smallest absolute Gasteiger partial charge is 0.251 e. The first kappa shape index (κ1) is 17.7. The van der Waals surface area contributed by atoms with Crippen LogP contribution in [0.25, 0.3) is 0 Å². The number of anilines is 1. The lowest BCUT2D eigenvalue weighted by Crippen LogP contribution is -2.23. The lowest BCUT2D eigenvalue weighted by atomic mass is 10.1. The maximum atomic E-state index is 13.3. The molecule has 0 saturated carbocycles. The Morgan fingerprint density at radius 1 is 1.12 bits per heavy atom. The van der Waals surface area contributed by atoms with Gasteiger partial charge in [-0.15, -0.1) is 0 Å². The third-order valence-corrected chi connectivity index (χ3v) is 3.56. The second kappa shape index (κ2) is 8.24. The van der Waals surface area contributed by atoms with Crippen LogP contribution in [0.2, 0.25) is 0 Å². The molecule has 0 aliphatic rings. The number of nitrogens with one attached hydrogen (secondary N) is 2. The van der Waals surface area contributed by atoms with Crippen molar-refractivity contribution in [3.8, 4) is 0 Å². The van der Waals surface area contributed by atoms with Gasteiger partial charge in [0.05, 0.1) is 0 Å². The largest absolute Gasteiger partial charge is 0.348 e. The zero-order chi connectivity index (χ0) is 17.5. The SMILES string of the molecule is CCCC(=O)Nc1cccc(CNC(=O)c2ccc(F)c(C)c2)c1. The second-order valence-electron chi connectivity index (χ2n) is 5.65. The Morgan fingerprint density at radius 2 is 1.92 bits per heavy atom. The Morgan fingerprint density at radius 3 is 2.62 bits per heavy atom. The Balaban J connectivity index is 1.97. The van der Waals surface area contributed by atoms with Crippen LogP contribution >= 0.6 is 0 Å². The molecule has 2 N–H and O–H groups in total. The van der Waals surface area contributed by atoms with Crippen molar-refractivity contribution in [3.63, 3.8) is 0 Å². The Labute approximate surface area is 141 Å². The fourth-order valence-corrected chi connectivity index (χ4v) is 2.28. The standard InChI is InChI=1S/C19H21FN2O2/c1-3-5-18(23)22-16-7-4-6-14(11-16)12-21-19(24)15-8-9-17(20)13(2)10-15/h4,6-11H,3,5,12H2,1-2H3,(H,21,24)(H,22,23). The molecule has 5 heteroatoms. The summed E-state index contributed by atoms with van der Waals surface area (Å²) in [5, 5.41) is 5.62. The maximum absolute atomic E-state index is 13.3. The maximum Gasteiger partial charge on any atom is 0.251 e. The summed E-state index contributed by atoms with van der Waals surface area (Å²) < 4.78 is 13.3. The van der Waals surface area contributed by atoms with E-state index in [-0.39, 0.29) is 17.6 Å². The zero-order valence-electron chi connectivity index (χ0n) is 13.9. The number of hydrogen-bond acceptors (Lipinski definition) is 2. The highest BCUT2D eigenvalue weighted by Gasteiger charge is 2.08. The van der Waals surface area contributed by atoms with E-state index in [0.29, 0.717) is 29.8 Å². The van der Waals surface area contributed by atoms with Crippen molar-refractivity contribution >= 4 is 17.5 Å². The number of hydrogen-bond donors (Lipinski definition) is 2. The molecule has 0 bridgehead atoms. The molecule has 2 amide bonds. The summed E-state index contributed by atoms with van der Waals surface area (Å²) in [6.45, 7) is 3.89. The molecule has 0 atom stereocenters. The second-order valence-corrected chi connectivity index (χ2v) is 5.65. The van der Waals surface area contributed by atoms with Crippen molar-refractivity contribution in [2.75, 3.05) is 5.32 Å². The highest BCUT2D eigenvalue weighted by molar-refractivity contribution is 5.94. The minimum atomic E-state index is -0.331. The normalized spacial score (nSPS) is 10.3. The number of rotatable bonds is 6. The topological polar surface area (TPSA) is 58.2 Å². The summed E-state index contributed by atoms with van der Waals surface area (Å²) in [5.74, 6) is -0.624. The van der Waals surface area contributed by atoms with Gasteiger partial charge in [-0.1, -0.05) is 19.1 Å². The molecule has 2 rings (SSSR count). The minimum Gasteiger partial charge on any atom is -0.348 e. The zero-order valence-corrected chi connectivity index (χ0v) is 13.9. The fourth-order valence-electron chi connectivity index (χ4n) is 2.28. The van der Waals surface area contributed by atoms with Gasteiger partial charge in [0.2, 0.25) is 5.91 Å². The third-order valence-electron chi connectivity index (χ3n) is 3.56. The summed E-state index contributed by atoms with van der Waals surface area (Å²) in [6, 6.07) is 11.6.